The standard InChI is InChI=1S/C7H13O3PS2/c1-6(8)13-11(12)9-4-7(2,3)5-10-11/h4-5H2,1-3H3. The van der Waals surface area contributed by atoms with Crippen LogP contribution in [-0.4, -0.2) is 18.3 Å². The fraction of sp³-hybridized carbons (Fsp3) is 0.857. The number of hydrogen-bond acceptors (Lipinski definition) is 5. The molecule has 0 radical (unpaired) electrons. The fourth-order valence-corrected chi connectivity index (χ4v) is 5.14. The zero-order chi connectivity index (χ0) is 10.1. The van der Waals surface area contributed by atoms with Crippen molar-refractivity contribution in [2.45, 2.75) is 20.8 Å². The average molecular weight is 240 g/mol. The van der Waals surface area contributed by atoms with Gasteiger partial charge in [-0.3, -0.25) is 4.79 Å². The van der Waals surface area contributed by atoms with Gasteiger partial charge in [0.05, 0.1) is 13.2 Å². The van der Waals surface area contributed by atoms with E-state index in [0.29, 0.717) is 13.2 Å². The van der Waals surface area contributed by atoms with E-state index in [4.69, 9.17) is 20.9 Å². The summed E-state index contributed by atoms with van der Waals surface area (Å²) in [6.07, 6.45) is 0. The van der Waals surface area contributed by atoms with Gasteiger partial charge in [0.25, 0.3) is 5.69 Å². The van der Waals surface area contributed by atoms with E-state index in [-0.39, 0.29) is 10.5 Å². The average Bonchev–Trinajstić information content (AvgIpc) is 1.95. The molecule has 1 heterocycles. The minimum absolute atomic E-state index is 0.0136. The molecule has 1 rings (SSSR count). The molecule has 0 aromatic carbocycles. The molecule has 0 atom stereocenters. The van der Waals surface area contributed by atoms with Crippen molar-refractivity contribution in [1.29, 1.82) is 0 Å². The van der Waals surface area contributed by atoms with Gasteiger partial charge < -0.3 is 9.05 Å². The first-order valence-electron chi connectivity index (χ1n) is 3.92. The smallest absolute Gasteiger partial charge is 0.254 e. The van der Waals surface area contributed by atoms with Crippen LogP contribution in [0.25, 0.3) is 0 Å². The lowest BCUT2D eigenvalue weighted by molar-refractivity contribution is -0.109. The molecule has 0 bridgehead atoms. The van der Waals surface area contributed by atoms with E-state index in [1.807, 2.05) is 13.8 Å². The van der Waals surface area contributed by atoms with Gasteiger partial charge in [0, 0.05) is 23.7 Å². The van der Waals surface area contributed by atoms with E-state index in [0.717, 1.165) is 11.4 Å². The first-order valence-corrected chi connectivity index (χ1v) is 7.98. The highest BCUT2D eigenvalue weighted by Crippen LogP contribution is 2.64. The molecule has 13 heavy (non-hydrogen) atoms. The third-order valence-corrected chi connectivity index (χ3v) is 6.22. The SMILES string of the molecule is CC(=O)SP1(=S)OCC(C)(C)CO1. The van der Waals surface area contributed by atoms with Crippen molar-refractivity contribution in [3.05, 3.63) is 0 Å². The molecule has 0 amide bonds. The molecule has 0 unspecified atom stereocenters. The van der Waals surface area contributed by atoms with Gasteiger partial charge >= 0.3 is 0 Å². The highest BCUT2D eigenvalue weighted by molar-refractivity contribution is 8.73. The molecule has 6 heteroatoms. The van der Waals surface area contributed by atoms with E-state index in [2.05, 4.69) is 0 Å². The van der Waals surface area contributed by atoms with Gasteiger partial charge in [-0.1, -0.05) is 13.8 Å². The monoisotopic (exact) mass is 240 g/mol. The van der Waals surface area contributed by atoms with Crippen LogP contribution in [0.4, 0.5) is 0 Å². The Morgan fingerprint density at radius 1 is 1.46 bits per heavy atom. The number of carbonyl (C=O) groups is 1. The molecular formula is C7H13O3PS2. The van der Waals surface area contributed by atoms with Crippen LogP contribution in [0.15, 0.2) is 0 Å². The molecule has 1 aliphatic heterocycles. The highest BCUT2D eigenvalue weighted by atomic mass is 32.9. The van der Waals surface area contributed by atoms with Crippen molar-refractivity contribution in [2.75, 3.05) is 13.2 Å². The summed E-state index contributed by atoms with van der Waals surface area (Å²) in [5, 5.41) is -0.0389. The Labute approximate surface area is 87.5 Å². The molecule has 76 valence electrons. The third kappa shape index (κ3) is 3.68. The quantitative estimate of drug-likeness (QED) is 0.658. The predicted molar refractivity (Wildman–Crippen MR) is 58.2 cm³/mol. The van der Waals surface area contributed by atoms with Crippen molar-refractivity contribution in [3.8, 4) is 0 Å². The van der Waals surface area contributed by atoms with Crippen molar-refractivity contribution >= 4 is 34.0 Å². The molecular weight excluding hydrogens is 227 g/mol. The van der Waals surface area contributed by atoms with E-state index >= 15 is 0 Å². The Balaban J connectivity index is 2.57. The van der Waals surface area contributed by atoms with E-state index < -0.39 is 5.69 Å². The summed E-state index contributed by atoms with van der Waals surface area (Å²) in [5.74, 6) is 0. The number of rotatable bonds is 1. The predicted octanol–water partition coefficient (Wildman–Crippen LogP) is 2.56. The first kappa shape index (κ1) is 11.7. The summed E-state index contributed by atoms with van der Waals surface area (Å²) < 4.78 is 10.9. The normalized spacial score (nSPS) is 25.5. The van der Waals surface area contributed by atoms with Crippen molar-refractivity contribution in [1.82, 2.24) is 0 Å². The van der Waals surface area contributed by atoms with Crippen molar-refractivity contribution < 1.29 is 13.8 Å². The van der Waals surface area contributed by atoms with Gasteiger partial charge in [-0.05, 0) is 11.8 Å². The lowest BCUT2D eigenvalue weighted by atomic mass is 9.97. The molecule has 0 aliphatic carbocycles. The summed E-state index contributed by atoms with van der Waals surface area (Å²) in [6.45, 7) is 6.72. The second kappa shape index (κ2) is 3.99. The van der Waals surface area contributed by atoms with E-state index in [1.54, 1.807) is 0 Å². The molecule has 0 saturated carbocycles. The lowest BCUT2D eigenvalue weighted by Crippen LogP contribution is -2.28. The summed E-state index contributed by atoms with van der Waals surface area (Å²) in [6, 6.07) is 0. The second-order valence-corrected chi connectivity index (χ2v) is 10.0. The Bertz CT molecular complexity index is 250. The zero-order valence-corrected chi connectivity index (χ0v) is 10.4. The van der Waals surface area contributed by atoms with Gasteiger partial charge in [0.1, 0.15) is 0 Å². The Hall–Kier alpha value is 0.590. The molecule has 3 nitrogen and oxygen atoms in total. The van der Waals surface area contributed by atoms with Crippen LogP contribution < -0.4 is 0 Å². The van der Waals surface area contributed by atoms with Gasteiger partial charge in [-0.15, -0.1) is 0 Å². The molecule has 0 aromatic rings. The van der Waals surface area contributed by atoms with Gasteiger partial charge in [-0.25, -0.2) is 0 Å². The van der Waals surface area contributed by atoms with Crippen LogP contribution in [-0.2, 0) is 25.6 Å². The van der Waals surface area contributed by atoms with Crippen LogP contribution in [0.1, 0.15) is 20.8 Å². The van der Waals surface area contributed by atoms with Crippen molar-refractivity contribution in [2.24, 2.45) is 5.41 Å². The summed E-state index contributed by atoms with van der Waals surface area (Å²) in [4.78, 5) is 10.8. The maximum Gasteiger partial charge on any atom is 0.254 e. The molecule has 1 saturated heterocycles. The van der Waals surface area contributed by atoms with Crippen LogP contribution >= 0.6 is 17.1 Å². The first-order chi connectivity index (χ1) is 5.83. The highest BCUT2D eigenvalue weighted by Gasteiger charge is 2.34. The second-order valence-electron chi connectivity index (χ2n) is 3.74. The topological polar surface area (TPSA) is 35.5 Å². The number of hydrogen-bond donors (Lipinski definition) is 0. The Morgan fingerprint density at radius 2 is 1.92 bits per heavy atom. The van der Waals surface area contributed by atoms with Gasteiger partial charge in [-0.2, -0.15) is 0 Å². The van der Waals surface area contributed by atoms with Gasteiger partial charge in [0.15, 0.2) is 5.12 Å². The van der Waals surface area contributed by atoms with Crippen LogP contribution in [0.3, 0.4) is 0 Å². The van der Waals surface area contributed by atoms with Crippen molar-refractivity contribution in [3.63, 3.8) is 0 Å². The van der Waals surface area contributed by atoms with Gasteiger partial charge in [0.2, 0.25) is 0 Å². The minimum Gasteiger partial charge on any atom is -0.321 e. The summed E-state index contributed by atoms with van der Waals surface area (Å²) in [7, 11) is 0. The maximum atomic E-state index is 10.8. The molecule has 0 N–H and O–H groups in total. The molecule has 0 spiro atoms. The van der Waals surface area contributed by atoms with Crippen LogP contribution in [0.5, 0.6) is 0 Å². The van der Waals surface area contributed by atoms with E-state index in [1.165, 1.54) is 6.92 Å². The minimum atomic E-state index is -2.35. The Morgan fingerprint density at radius 3 is 2.31 bits per heavy atom. The van der Waals surface area contributed by atoms with Crippen LogP contribution in [0.2, 0.25) is 0 Å². The lowest BCUT2D eigenvalue weighted by Gasteiger charge is -2.35. The zero-order valence-electron chi connectivity index (χ0n) is 7.90. The maximum absolute atomic E-state index is 10.8. The van der Waals surface area contributed by atoms with E-state index in [9.17, 15) is 4.79 Å². The summed E-state index contributed by atoms with van der Waals surface area (Å²) in [5.41, 5.74) is -2.34. The fourth-order valence-electron chi connectivity index (χ4n) is 0.797. The third-order valence-electron chi connectivity index (χ3n) is 1.47. The van der Waals surface area contributed by atoms with Crippen LogP contribution in [0, 0.1) is 5.41 Å². The molecule has 1 aliphatic rings. The largest absolute Gasteiger partial charge is 0.321 e. The number of carbonyl (C=O) groups excluding carboxylic acids is 1. The Kier molecular flexibility index (Phi) is 3.58. The molecule has 1 fully saturated rings. The summed E-state index contributed by atoms with van der Waals surface area (Å²) >= 11 is 6.16. The molecule has 0 aromatic heterocycles.